The molecule has 0 saturated heterocycles. The largest absolute Gasteiger partial charge is 0.434 e. The van der Waals surface area contributed by atoms with Crippen LogP contribution in [0.15, 0.2) is 85.3 Å². The minimum atomic E-state index is -3.91. The van der Waals surface area contributed by atoms with Crippen molar-refractivity contribution in [3.63, 3.8) is 0 Å². The maximum absolute atomic E-state index is 13.0. The number of hydrogen-bond donors (Lipinski definition) is 2. The van der Waals surface area contributed by atoms with Crippen LogP contribution in [0.2, 0.25) is 0 Å². The number of fused-ring (bicyclic) bond motifs is 1. The lowest BCUT2D eigenvalue weighted by atomic mass is 9.89. The van der Waals surface area contributed by atoms with Crippen molar-refractivity contribution in [2.24, 2.45) is 0 Å². The lowest BCUT2D eigenvalue weighted by Gasteiger charge is -2.23. The lowest BCUT2D eigenvalue weighted by Crippen LogP contribution is -2.32. The Morgan fingerprint density at radius 1 is 1.03 bits per heavy atom. The molecular weight excluding hydrogens is 470 g/mol. The molecule has 0 bridgehead atoms. The summed E-state index contributed by atoms with van der Waals surface area (Å²) in [7, 11) is -3.91. The van der Waals surface area contributed by atoms with Gasteiger partial charge in [0.1, 0.15) is 6.04 Å². The second-order valence-corrected chi connectivity index (χ2v) is 9.49. The van der Waals surface area contributed by atoms with Crippen LogP contribution in [0.1, 0.15) is 30.3 Å². The summed E-state index contributed by atoms with van der Waals surface area (Å²) in [5, 5.41) is 8.12. The fourth-order valence-corrected chi connectivity index (χ4v) is 4.95. The first-order valence-electron chi connectivity index (χ1n) is 9.16. The van der Waals surface area contributed by atoms with E-state index in [0.717, 1.165) is 20.8 Å². The smallest absolute Gasteiger partial charge is 0.391 e. The number of nitrogens with zero attached hydrogens (tertiary/aromatic N) is 1. The number of halogens is 1. The lowest BCUT2D eigenvalue weighted by molar-refractivity contribution is 0.382. The first-order chi connectivity index (χ1) is 14.3. The highest BCUT2D eigenvalue weighted by atomic mass is 79.9. The minimum Gasteiger partial charge on any atom is -0.391 e. The third kappa shape index (κ3) is 4.09. The van der Waals surface area contributed by atoms with Gasteiger partial charge in [-0.1, -0.05) is 65.3 Å². The van der Waals surface area contributed by atoms with Crippen LogP contribution in [-0.2, 0) is 10.0 Å². The highest BCUT2D eigenvalue weighted by molar-refractivity contribution is 9.10. The molecule has 3 aromatic carbocycles. The Bertz CT molecular complexity index is 1340. The minimum absolute atomic E-state index is 0.0267. The molecule has 2 atom stereocenters. The van der Waals surface area contributed by atoms with Crippen molar-refractivity contribution in [2.75, 3.05) is 0 Å². The Kier molecular flexibility index (Phi) is 5.59. The summed E-state index contributed by atoms with van der Waals surface area (Å²) in [4.78, 5) is 11.7. The molecule has 0 aliphatic carbocycles. The first kappa shape index (κ1) is 20.5. The van der Waals surface area contributed by atoms with Crippen LogP contribution >= 0.6 is 15.9 Å². The molecule has 1 aromatic heterocycles. The number of sulfonamides is 1. The Morgan fingerprint density at radius 2 is 1.73 bits per heavy atom. The molecule has 154 valence electrons. The molecule has 1 heterocycles. The number of rotatable bonds is 6. The van der Waals surface area contributed by atoms with Crippen molar-refractivity contribution in [3.8, 4) is 0 Å². The van der Waals surface area contributed by atoms with Crippen molar-refractivity contribution in [1.29, 1.82) is 0 Å². The van der Waals surface area contributed by atoms with E-state index in [4.69, 9.17) is 4.42 Å². The Morgan fingerprint density at radius 3 is 2.43 bits per heavy atom. The SMILES string of the molecule is C[C@H](c1cccc2ccccc12)[C@H](NS(=O)(=O)c1ccc(Br)cc1)c1n[nH]c(=O)o1. The number of hydrogen-bond acceptors (Lipinski definition) is 5. The quantitative estimate of drug-likeness (QED) is 0.425. The summed E-state index contributed by atoms with van der Waals surface area (Å²) in [6.45, 7) is 1.87. The second-order valence-electron chi connectivity index (χ2n) is 6.86. The number of nitrogens with one attached hydrogen (secondary N) is 2. The molecule has 2 N–H and O–H groups in total. The van der Waals surface area contributed by atoms with Gasteiger partial charge in [0, 0.05) is 10.4 Å². The maximum atomic E-state index is 13.0. The third-order valence-electron chi connectivity index (χ3n) is 4.94. The van der Waals surface area contributed by atoms with Crippen LogP contribution in [-0.4, -0.2) is 18.6 Å². The Hall–Kier alpha value is -2.75. The fourth-order valence-electron chi connectivity index (χ4n) is 3.42. The fraction of sp³-hybridized carbons (Fsp3) is 0.143. The molecule has 7 nitrogen and oxygen atoms in total. The number of benzene rings is 3. The van der Waals surface area contributed by atoms with E-state index in [1.165, 1.54) is 12.1 Å². The molecule has 0 unspecified atom stereocenters. The summed E-state index contributed by atoms with van der Waals surface area (Å²) in [5.41, 5.74) is 0.905. The van der Waals surface area contributed by atoms with E-state index >= 15 is 0 Å². The molecule has 0 spiro atoms. The topological polar surface area (TPSA) is 105 Å². The molecule has 0 aliphatic rings. The highest BCUT2D eigenvalue weighted by Crippen LogP contribution is 2.35. The van der Waals surface area contributed by atoms with Gasteiger partial charge in [0.05, 0.1) is 4.90 Å². The second kappa shape index (κ2) is 8.17. The van der Waals surface area contributed by atoms with Crippen molar-refractivity contribution >= 4 is 36.7 Å². The molecule has 0 radical (unpaired) electrons. The number of aromatic nitrogens is 2. The van der Waals surface area contributed by atoms with Gasteiger partial charge >= 0.3 is 5.76 Å². The van der Waals surface area contributed by atoms with E-state index in [0.29, 0.717) is 0 Å². The van der Waals surface area contributed by atoms with Gasteiger partial charge in [0.25, 0.3) is 0 Å². The predicted molar refractivity (Wildman–Crippen MR) is 117 cm³/mol. The number of aromatic amines is 1. The molecule has 9 heteroatoms. The van der Waals surface area contributed by atoms with Gasteiger partial charge in [0.15, 0.2) is 0 Å². The van der Waals surface area contributed by atoms with E-state index in [1.807, 2.05) is 49.4 Å². The summed E-state index contributed by atoms with van der Waals surface area (Å²) in [5.74, 6) is -1.16. The average molecular weight is 488 g/mol. The van der Waals surface area contributed by atoms with Gasteiger partial charge in [-0.25, -0.2) is 18.3 Å². The van der Waals surface area contributed by atoms with Gasteiger partial charge in [-0.2, -0.15) is 4.72 Å². The summed E-state index contributed by atoms with van der Waals surface area (Å²) in [6.07, 6.45) is 0. The highest BCUT2D eigenvalue weighted by Gasteiger charge is 2.31. The van der Waals surface area contributed by atoms with Crippen LogP contribution < -0.4 is 10.5 Å². The molecule has 0 amide bonds. The van der Waals surface area contributed by atoms with Gasteiger partial charge < -0.3 is 4.42 Å². The first-order valence-corrected chi connectivity index (χ1v) is 11.4. The molecule has 30 heavy (non-hydrogen) atoms. The van der Waals surface area contributed by atoms with Gasteiger partial charge in [-0.15, -0.1) is 5.10 Å². The summed E-state index contributed by atoms with van der Waals surface area (Å²) in [6, 6.07) is 19.0. The van der Waals surface area contributed by atoms with Crippen LogP contribution in [0, 0.1) is 0 Å². The average Bonchev–Trinajstić information content (AvgIpc) is 3.17. The molecule has 0 aliphatic heterocycles. The van der Waals surface area contributed by atoms with Crippen molar-refractivity contribution in [2.45, 2.75) is 23.8 Å². The van der Waals surface area contributed by atoms with Gasteiger partial charge in [0.2, 0.25) is 15.9 Å². The van der Waals surface area contributed by atoms with E-state index in [9.17, 15) is 13.2 Å². The summed E-state index contributed by atoms with van der Waals surface area (Å²) >= 11 is 3.30. The molecule has 4 aromatic rings. The zero-order valence-electron chi connectivity index (χ0n) is 15.9. The molecular formula is C21H18BrN3O4S. The maximum Gasteiger partial charge on any atom is 0.434 e. The predicted octanol–water partition coefficient (Wildman–Crippen LogP) is 4.10. The van der Waals surface area contributed by atoms with E-state index in [1.54, 1.807) is 12.1 Å². The van der Waals surface area contributed by atoms with E-state index in [-0.39, 0.29) is 16.7 Å². The zero-order valence-corrected chi connectivity index (χ0v) is 18.3. The van der Waals surface area contributed by atoms with Gasteiger partial charge in [-0.05, 0) is 40.6 Å². The van der Waals surface area contributed by atoms with E-state index < -0.39 is 21.8 Å². The Balaban J connectivity index is 1.78. The normalized spacial score (nSPS) is 13.9. The number of H-pyrrole nitrogens is 1. The molecule has 4 rings (SSSR count). The third-order valence-corrected chi connectivity index (χ3v) is 6.93. The van der Waals surface area contributed by atoms with Crippen molar-refractivity contribution in [1.82, 2.24) is 14.9 Å². The van der Waals surface area contributed by atoms with Crippen molar-refractivity contribution in [3.05, 3.63) is 93.2 Å². The molecule has 0 fully saturated rings. The van der Waals surface area contributed by atoms with Crippen LogP contribution in [0.3, 0.4) is 0 Å². The van der Waals surface area contributed by atoms with Crippen LogP contribution in [0.5, 0.6) is 0 Å². The Labute approximate surface area is 181 Å². The van der Waals surface area contributed by atoms with Crippen LogP contribution in [0.25, 0.3) is 10.8 Å². The standard InChI is InChI=1S/C21H18BrN3O4S/c1-13(17-8-4-6-14-5-2-3-7-18(14)17)19(20-23-24-21(26)29-20)25-30(27,28)16-11-9-15(22)10-12-16/h2-13,19,25H,1H3,(H,24,26)/t13-,19+/m1/s1. The monoisotopic (exact) mass is 487 g/mol. The van der Waals surface area contributed by atoms with Crippen LogP contribution in [0.4, 0.5) is 0 Å². The van der Waals surface area contributed by atoms with Gasteiger partial charge in [-0.3, -0.25) is 0 Å². The summed E-state index contributed by atoms with van der Waals surface area (Å²) < 4.78 is 34.7. The molecule has 0 saturated carbocycles. The zero-order chi connectivity index (χ0) is 21.3. The van der Waals surface area contributed by atoms with E-state index in [2.05, 4.69) is 30.8 Å². The van der Waals surface area contributed by atoms with Crippen molar-refractivity contribution < 1.29 is 12.8 Å².